The zero-order valence-electron chi connectivity index (χ0n) is 14.7. The highest BCUT2D eigenvalue weighted by Gasteiger charge is 2.39. The lowest BCUT2D eigenvalue weighted by atomic mass is 9.94. The molecule has 7 nitrogen and oxygen atoms in total. The number of halogens is 4. The smallest absolute Gasteiger partial charge is 0.403 e. The second kappa shape index (κ2) is 7.79. The zero-order chi connectivity index (χ0) is 21.4. The molecular formula is C17H16ClF3N2O5S. The van der Waals surface area contributed by atoms with E-state index in [1.807, 2.05) is 0 Å². The fraction of sp³-hybridized carbons (Fsp3) is 0.353. The molecule has 12 heteroatoms. The summed E-state index contributed by atoms with van der Waals surface area (Å²) in [5, 5.41) is 14.5. The highest BCUT2D eigenvalue weighted by Crippen LogP contribution is 2.39. The van der Waals surface area contributed by atoms with Gasteiger partial charge < -0.3 is 20.2 Å². The molecule has 2 amide bonds. The number of phenolic OH excluding ortho intramolecular Hbond substituents is 1. The van der Waals surface area contributed by atoms with Crippen LogP contribution in [0.15, 0.2) is 33.8 Å². The van der Waals surface area contributed by atoms with Gasteiger partial charge in [0, 0.05) is 0 Å². The van der Waals surface area contributed by atoms with Crippen LogP contribution in [0.1, 0.15) is 30.2 Å². The summed E-state index contributed by atoms with van der Waals surface area (Å²) in [6, 6.07) is 2.63. The van der Waals surface area contributed by atoms with Gasteiger partial charge >= 0.3 is 12.2 Å². The average molecular weight is 453 g/mol. The Kier molecular flexibility index (Phi) is 5.72. The molecule has 0 fully saturated rings. The van der Waals surface area contributed by atoms with Crippen LogP contribution in [-0.2, 0) is 16.3 Å². The number of alkyl halides is 3. The number of aryl methyl sites for hydroxylation is 1. The molecule has 2 aromatic rings. The minimum absolute atomic E-state index is 0.400. The predicted octanol–water partition coefficient (Wildman–Crippen LogP) is 4.17. The van der Waals surface area contributed by atoms with Crippen molar-refractivity contribution in [1.82, 2.24) is 5.32 Å². The molecule has 0 spiro atoms. The zero-order valence-corrected chi connectivity index (χ0v) is 16.3. The van der Waals surface area contributed by atoms with Gasteiger partial charge in [0.05, 0.1) is 23.0 Å². The summed E-state index contributed by atoms with van der Waals surface area (Å²) in [5.41, 5.74) is 0.555. The Morgan fingerprint density at radius 1 is 1.31 bits per heavy atom. The quantitative estimate of drug-likeness (QED) is 0.603. The van der Waals surface area contributed by atoms with Gasteiger partial charge in [0.25, 0.3) is 0 Å². The van der Waals surface area contributed by atoms with E-state index in [2.05, 4.69) is 10.6 Å². The van der Waals surface area contributed by atoms with Gasteiger partial charge in [-0.15, -0.1) is 0 Å². The highest BCUT2D eigenvalue weighted by molar-refractivity contribution is 7.91. The molecule has 158 valence electrons. The summed E-state index contributed by atoms with van der Waals surface area (Å²) in [6.07, 6.45) is -1.30. The second-order valence-electron chi connectivity index (χ2n) is 6.50. The highest BCUT2D eigenvalue weighted by atomic mass is 35.5. The van der Waals surface area contributed by atoms with Gasteiger partial charge in [-0.2, -0.15) is 13.2 Å². The Bertz CT molecular complexity index is 1040. The monoisotopic (exact) mass is 452 g/mol. The first-order chi connectivity index (χ1) is 13.5. The number of aromatic hydroxyl groups is 1. The first-order valence-corrected chi connectivity index (χ1v) is 10.5. The van der Waals surface area contributed by atoms with Crippen molar-refractivity contribution in [2.45, 2.75) is 36.4 Å². The van der Waals surface area contributed by atoms with E-state index >= 15 is 0 Å². The van der Waals surface area contributed by atoms with Crippen molar-refractivity contribution in [2.24, 2.45) is 0 Å². The first-order valence-electron chi connectivity index (χ1n) is 8.43. The number of sulfone groups is 1. The lowest BCUT2D eigenvalue weighted by Crippen LogP contribution is -2.34. The third kappa shape index (κ3) is 4.78. The summed E-state index contributed by atoms with van der Waals surface area (Å²) >= 11 is 5.70. The Hall–Kier alpha value is -2.40. The van der Waals surface area contributed by atoms with E-state index in [4.69, 9.17) is 16.0 Å². The molecule has 0 bridgehead atoms. The number of phenols is 1. The number of amides is 2. The third-order valence-corrected chi connectivity index (χ3v) is 6.51. The summed E-state index contributed by atoms with van der Waals surface area (Å²) < 4.78 is 67.2. The van der Waals surface area contributed by atoms with E-state index in [9.17, 15) is 31.5 Å². The molecular weight excluding hydrogens is 437 g/mol. The number of rotatable bonds is 4. The fourth-order valence-electron chi connectivity index (χ4n) is 3.17. The van der Waals surface area contributed by atoms with Crippen LogP contribution in [0.5, 0.6) is 5.75 Å². The van der Waals surface area contributed by atoms with Gasteiger partial charge in [-0.3, -0.25) is 0 Å². The summed E-state index contributed by atoms with van der Waals surface area (Å²) in [4.78, 5) is 11.2. The minimum Gasteiger partial charge on any atom is -0.504 e. The van der Waals surface area contributed by atoms with Gasteiger partial charge in [0.2, 0.25) is 0 Å². The van der Waals surface area contributed by atoms with Gasteiger partial charge in [0.15, 0.2) is 21.3 Å². The van der Waals surface area contributed by atoms with Crippen molar-refractivity contribution in [3.8, 4) is 5.75 Å². The number of anilines is 1. The van der Waals surface area contributed by atoms with E-state index in [0.29, 0.717) is 12.2 Å². The summed E-state index contributed by atoms with van der Waals surface area (Å²) in [6.45, 7) is 0. The molecule has 0 unspecified atom stereocenters. The Labute approximate surface area is 168 Å². The molecule has 29 heavy (non-hydrogen) atoms. The standard InChI is InChI=1S/C17H16ClF3N2O5S/c18-10-4-5-11(13(24)15(10)29(26,27)8-17(19,20)21)22-16(25)23-12-3-1-2-9-6-7-28-14(9)12/h4-7,12,24H,1-3,8H2,(H2,22,23,25)/t12-/m0/s1. The van der Waals surface area contributed by atoms with E-state index in [0.717, 1.165) is 30.5 Å². The fourth-order valence-corrected chi connectivity index (χ4v) is 5.02. The lowest BCUT2D eigenvalue weighted by Gasteiger charge is -2.22. The second-order valence-corrected chi connectivity index (χ2v) is 8.83. The largest absolute Gasteiger partial charge is 0.504 e. The van der Waals surface area contributed by atoms with Crippen molar-refractivity contribution in [3.05, 3.63) is 40.8 Å². The number of carbonyl (C=O) groups excluding carboxylic acids is 1. The molecule has 0 saturated heterocycles. The van der Waals surface area contributed by atoms with Crippen molar-refractivity contribution in [2.75, 3.05) is 11.1 Å². The first kappa shape index (κ1) is 21.3. The maximum absolute atomic E-state index is 12.6. The SMILES string of the molecule is O=C(Nc1ccc(Cl)c(S(=O)(=O)CC(F)(F)F)c1O)N[C@H]1CCCc2ccoc21. The number of carbonyl (C=O) groups is 1. The van der Waals surface area contributed by atoms with Crippen LogP contribution >= 0.6 is 11.6 Å². The van der Waals surface area contributed by atoms with Crippen molar-refractivity contribution in [1.29, 1.82) is 0 Å². The van der Waals surface area contributed by atoms with Crippen LogP contribution in [0.2, 0.25) is 5.02 Å². The molecule has 1 aromatic carbocycles. The Morgan fingerprint density at radius 3 is 2.72 bits per heavy atom. The third-order valence-electron chi connectivity index (χ3n) is 4.34. The maximum atomic E-state index is 12.6. The molecule has 3 N–H and O–H groups in total. The predicted molar refractivity (Wildman–Crippen MR) is 97.8 cm³/mol. The topological polar surface area (TPSA) is 109 Å². The van der Waals surface area contributed by atoms with Crippen LogP contribution in [0.3, 0.4) is 0 Å². The minimum atomic E-state index is -5.03. The lowest BCUT2D eigenvalue weighted by molar-refractivity contribution is -0.106. The molecule has 1 heterocycles. The van der Waals surface area contributed by atoms with Crippen LogP contribution in [0, 0.1) is 0 Å². The molecule has 0 saturated carbocycles. The van der Waals surface area contributed by atoms with E-state index < -0.39 is 55.2 Å². The summed E-state index contributed by atoms with van der Waals surface area (Å²) in [5.74, 6) is -2.67. The molecule has 3 rings (SSSR count). The molecule has 0 radical (unpaired) electrons. The number of furan rings is 1. The van der Waals surface area contributed by atoms with Crippen molar-refractivity contribution < 1.29 is 35.9 Å². The summed E-state index contributed by atoms with van der Waals surface area (Å²) in [7, 11) is -4.99. The molecule has 1 aliphatic rings. The van der Waals surface area contributed by atoms with Crippen LogP contribution in [0.4, 0.5) is 23.7 Å². The molecule has 1 atom stereocenters. The number of urea groups is 1. The number of hydrogen-bond acceptors (Lipinski definition) is 5. The Morgan fingerprint density at radius 2 is 2.03 bits per heavy atom. The maximum Gasteiger partial charge on any atom is 0.403 e. The number of hydrogen-bond donors (Lipinski definition) is 3. The normalized spacial score (nSPS) is 16.9. The van der Waals surface area contributed by atoms with Crippen molar-refractivity contribution >= 4 is 33.2 Å². The van der Waals surface area contributed by atoms with E-state index in [1.165, 1.54) is 6.26 Å². The van der Waals surface area contributed by atoms with Gasteiger partial charge in [-0.25, -0.2) is 13.2 Å². The van der Waals surface area contributed by atoms with Crippen LogP contribution in [-0.4, -0.2) is 31.5 Å². The van der Waals surface area contributed by atoms with Gasteiger partial charge in [-0.1, -0.05) is 11.6 Å². The number of fused-ring (bicyclic) bond motifs is 1. The van der Waals surface area contributed by atoms with Gasteiger partial charge in [0.1, 0.15) is 10.7 Å². The Balaban J connectivity index is 1.81. The van der Waals surface area contributed by atoms with E-state index in [1.54, 1.807) is 6.07 Å². The molecule has 1 aromatic heterocycles. The number of nitrogens with one attached hydrogen (secondary N) is 2. The van der Waals surface area contributed by atoms with Crippen molar-refractivity contribution in [3.63, 3.8) is 0 Å². The van der Waals surface area contributed by atoms with Crippen LogP contribution < -0.4 is 10.6 Å². The van der Waals surface area contributed by atoms with Gasteiger partial charge in [-0.05, 0) is 43.0 Å². The average Bonchev–Trinajstić information content (AvgIpc) is 3.05. The van der Waals surface area contributed by atoms with E-state index in [-0.39, 0.29) is 0 Å². The van der Waals surface area contributed by atoms with Crippen LogP contribution in [0.25, 0.3) is 0 Å². The molecule has 1 aliphatic carbocycles. The number of benzene rings is 1. The molecule has 0 aliphatic heterocycles.